The van der Waals surface area contributed by atoms with Gasteiger partial charge < -0.3 is 9.88 Å². The van der Waals surface area contributed by atoms with Crippen LogP contribution in [0, 0.1) is 5.92 Å². The van der Waals surface area contributed by atoms with Gasteiger partial charge in [-0.15, -0.1) is 0 Å². The molecule has 5 nitrogen and oxygen atoms in total. The fraction of sp³-hybridized carbons (Fsp3) is 0.556. The van der Waals surface area contributed by atoms with Crippen molar-refractivity contribution >= 4 is 16.9 Å². The molecule has 2 aromatic rings. The number of hydrogen-bond acceptors (Lipinski definition) is 3. The Labute approximate surface area is 137 Å². The van der Waals surface area contributed by atoms with Crippen LogP contribution in [-0.4, -0.2) is 51.9 Å². The number of nitrogens with one attached hydrogen (secondary N) is 1. The number of imidazole rings is 1. The Kier molecular flexibility index (Phi) is 4.96. The molecular weight excluding hydrogens is 288 g/mol. The van der Waals surface area contributed by atoms with Crippen molar-refractivity contribution in [2.24, 2.45) is 5.92 Å². The van der Waals surface area contributed by atoms with Gasteiger partial charge in [0.1, 0.15) is 5.82 Å². The van der Waals surface area contributed by atoms with E-state index in [1.54, 1.807) is 0 Å². The van der Waals surface area contributed by atoms with Crippen LogP contribution >= 0.6 is 0 Å². The molecule has 5 heteroatoms. The first-order valence-electron chi connectivity index (χ1n) is 8.66. The summed E-state index contributed by atoms with van der Waals surface area (Å²) in [6.45, 7) is 8.52. The average molecular weight is 314 g/mol. The predicted octanol–water partition coefficient (Wildman–Crippen LogP) is 2.64. The second kappa shape index (κ2) is 7.13. The minimum atomic E-state index is 0.192. The molecule has 0 radical (unpaired) electrons. The van der Waals surface area contributed by atoms with E-state index in [9.17, 15) is 4.79 Å². The fourth-order valence-corrected chi connectivity index (χ4v) is 3.31. The number of amides is 1. The standard InChI is InChI=1S/C18H26N4O/c1-3-14(4-2)18(23)22-11-9-21(10-12-22)13-17-19-15-7-5-6-8-16(15)20-17/h5-8,14H,3-4,9-13H2,1-2H3,(H,19,20). The number of fused-ring (bicyclic) bond motifs is 1. The van der Waals surface area contributed by atoms with Crippen molar-refractivity contribution in [3.8, 4) is 0 Å². The molecule has 1 aromatic heterocycles. The van der Waals surface area contributed by atoms with E-state index >= 15 is 0 Å². The van der Waals surface area contributed by atoms with Gasteiger partial charge in [0.05, 0.1) is 17.6 Å². The Morgan fingerprint density at radius 1 is 1.17 bits per heavy atom. The number of benzene rings is 1. The molecule has 1 aromatic carbocycles. The van der Waals surface area contributed by atoms with Gasteiger partial charge in [-0.1, -0.05) is 26.0 Å². The number of hydrogen-bond donors (Lipinski definition) is 1. The van der Waals surface area contributed by atoms with E-state index in [4.69, 9.17) is 0 Å². The van der Waals surface area contributed by atoms with E-state index in [2.05, 4.69) is 34.8 Å². The highest BCUT2D eigenvalue weighted by Crippen LogP contribution is 2.16. The molecule has 1 N–H and O–H groups in total. The molecule has 0 unspecified atom stereocenters. The van der Waals surface area contributed by atoms with Gasteiger partial charge in [-0.2, -0.15) is 0 Å². The van der Waals surface area contributed by atoms with Crippen molar-refractivity contribution in [3.05, 3.63) is 30.1 Å². The summed E-state index contributed by atoms with van der Waals surface area (Å²) >= 11 is 0. The van der Waals surface area contributed by atoms with Crippen molar-refractivity contribution in [3.63, 3.8) is 0 Å². The second-order valence-electron chi connectivity index (χ2n) is 6.32. The topological polar surface area (TPSA) is 52.2 Å². The largest absolute Gasteiger partial charge is 0.341 e. The first-order chi connectivity index (χ1) is 11.2. The van der Waals surface area contributed by atoms with Crippen LogP contribution in [-0.2, 0) is 11.3 Å². The van der Waals surface area contributed by atoms with Gasteiger partial charge in [0.15, 0.2) is 0 Å². The summed E-state index contributed by atoms with van der Waals surface area (Å²) in [6, 6.07) is 8.11. The molecular formula is C18H26N4O. The number of piperazine rings is 1. The van der Waals surface area contributed by atoms with Gasteiger partial charge in [-0.25, -0.2) is 4.98 Å². The van der Waals surface area contributed by atoms with E-state index < -0.39 is 0 Å². The maximum atomic E-state index is 12.4. The fourth-order valence-electron chi connectivity index (χ4n) is 3.31. The number of carbonyl (C=O) groups excluding carboxylic acids is 1. The highest BCUT2D eigenvalue weighted by atomic mass is 16.2. The molecule has 0 saturated carbocycles. The Bertz CT molecular complexity index is 621. The summed E-state index contributed by atoms with van der Waals surface area (Å²) < 4.78 is 0. The second-order valence-corrected chi connectivity index (χ2v) is 6.32. The van der Waals surface area contributed by atoms with E-state index in [1.807, 2.05) is 23.1 Å². The van der Waals surface area contributed by atoms with Crippen molar-refractivity contribution < 1.29 is 4.79 Å². The van der Waals surface area contributed by atoms with Crippen LogP contribution in [0.4, 0.5) is 0 Å². The Morgan fingerprint density at radius 3 is 2.52 bits per heavy atom. The third-order valence-electron chi connectivity index (χ3n) is 4.83. The number of aromatic amines is 1. The van der Waals surface area contributed by atoms with Gasteiger partial charge in [0.25, 0.3) is 0 Å². The molecule has 0 bridgehead atoms. The lowest BCUT2D eigenvalue weighted by molar-refractivity contribution is -0.137. The zero-order chi connectivity index (χ0) is 16.2. The Balaban J connectivity index is 1.55. The first-order valence-corrected chi connectivity index (χ1v) is 8.66. The van der Waals surface area contributed by atoms with Crippen molar-refractivity contribution in [1.29, 1.82) is 0 Å². The molecule has 1 fully saturated rings. The van der Waals surface area contributed by atoms with Crippen LogP contribution in [0.2, 0.25) is 0 Å². The lowest BCUT2D eigenvalue weighted by Crippen LogP contribution is -2.50. The van der Waals surface area contributed by atoms with Crippen LogP contribution < -0.4 is 0 Å². The Hall–Kier alpha value is -1.88. The van der Waals surface area contributed by atoms with E-state index in [0.717, 1.165) is 62.4 Å². The highest BCUT2D eigenvalue weighted by molar-refractivity contribution is 5.78. The van der Waals surface area contributed by atoms with Crippen molar-refractivity contribution in [2.45, 2.75) is 33.2 Å². The molecule has 1 saturated heterocycles. The number of H-pyrrole nitrogens is 1. The summed E-state index contributed by atoms with van der Waals surface area (Å²) in [6.07, 6.45) is 1.88. The minimum absolute atomic E-state index is 0.192. The maximum Gasteiger partial charge on any atom is 0.225 e. The summed E-state index contributed by atoms with van der Waals surface area (Å²) in [4.78, 5) is 24.9. The Morgan fingerprint density at radius 2 is 1.87 bits per heavy atom. The van der Waals surface area contributed by atoms with Gasteiger partial charge >= 0.3 is 0 Å². The molecule has 2 heterocycles. The van der Waals surface area contributed by atoms with E-state index in [0.29, 0.717) is 5.91 Å². The molecule has 3 rings (SSSR count). The van der Waals surface area contributed by atoms with Gasteiger partial charge in [0.2, 0.25) is 5.91 Å². The maximum absolute atomic E-state index is 12.4. The van der Waals surface area contributed by atoms with Crippen LogP contribution in [0.5, 0.6) is 0 Å². The quantitative estimate of drug-likeness (QED) is 0.923. The summed E-state index contributed by atoms with van der Waals surface area (Å²) in [7, 11) is 0. The molecule has 23 heavy (non-hydrogen) atoms. The molecule has 0 spiro atoms. The third kappa shape index (κ3) is 3.55. The monoisotopic (exact) mass is 314 g/mol. The molecule has 1 aliphatic heterocycles. The minimum Gasteiger partial charge on any atom is -0.341 e. The number of nitrogens with zero attached hydrogens (tertiary/aromatic N) is 3. The van der Waals surface area contributed by atoms with Gasteiger partial charge in [0, 0.05) is 32.1 Å². The molecule has 1 amide bonds. The highest BCUT2D eigenvalue weighted by Gasteiger charge is 2.25. The zero-order valence-electron chi connectivity index (χ0n) is 14.1. The van der Waals surface area contributed by atoms with Gasteiger partial charge in [-0.05, 0) is 25.0 Å². The molecule has 124 valence electrons. The summed E-state index contributed by atoms with van der Waals surface area (Å²) in [5.41, 5.74) is 2.11. The molecule has 0 atom stereocenters. The van der Waals surface area contributed by atoms with Crippen molar-refractivity contribution in [1.82, 2.24) is 19.8 Å². The smallest absolute Gasteiger partial charge is 0.225 e. The molecule has 0 aliphatic carbocycles. The average Bonchev–Trinajstić information content (AvgIpc) is 2.98. The molecule has 1 aliphatic rings. The number of aromatic nitrogens is 2. The normalized spacial score (nSPS) is 16.4. The van der Waals surface area contributed by atoms with E-state index in [-0.39, 0.29) is 5.92 Å². The summed E-state index contributed by atoms with van der Waals surface area (Å²) in [5.74, 6) is 1.53. The number of carbonyl (C=O) groups is 1. The van der Waals surface area contributed by atoms with Crippen LogP contribution in [0.1, 0.15) is 32.5 Å². The van der Waals surface area contributed by atoms with Crippen molar-refractivity contribution in [2.75, 3.05) is 26.2 Å². The number of rotatable bonds is 5. The van der Waals surface area contributed by atoms with Crippen LogP contribution in [0.3, 0.4) is 0 Å². The zero-order valence-corrected chi connectivity index (χ0v) is 14.1. The number of para-hydroxylation sites is 2. The lowest BCUT2D eigenvalue weighted by atomic mass is 10.0. The van der Waals surface area contributed by atoms with Gasteiger partial charge in [-0.3, -0.25) is 9.69 Å². The van der Waals surface area contributed by atoms with Crippen LogP contribution in [0.15, 0.2) is 24.3 Å². The van der Waals surface area contributed by atoms with E-state index in [1.165, 1.54) is 0 Å². The third-order valence-corrected chi connectivity index (χ3v) is 4.83. The summed E-state index contributed by atoms with van der Waals surface area (Å²) in [5, 5.41) is 0. The lowest BCUT2D eigenvalue weighted by Gasteiger charge is -2.35. The first kappa shape index (κ1) is 16.0. The SMILES string of the molecule is CCC(CC)C(=O)N1CCN(Cc2nc3ccccc3[nH]2)CC1. The van der Waals surface area contributed by atoms with Crippen LogP contribution in [0.25, 0.3) is 11.0 Å². The predicted molar refractivity (Wildman–Crippen MR) is 92.0 cm³/mol.